The normalized spacial score (nSPS) is 41.8. The van der Waals surface area contributed by atoms with E-state index in [2.05, 4.69) is 6.92 Å². The number of amides is 1. The quantitative estimate of drug-likeness (QED) is 0.733. The van der Waals surface area contributed by atoms with E-state index in [4.69, 9.17) is 5.73 Å². The van der Waals surface area contributed by atoms with Crippen LogP contribution >= 0.6 is 0 Å². The summed E-state index contributed by atoms with van der Waals surface area (Å²) in [4.78, 5) is 14.3. The molecule has 2 aliphatic rings. The number of hydrogen-bond acceptors (Lipinski definition) is 3. The number of nitrogens with two attached hydrogens (primary N) is 1. The third-order valence-electron chi connectivity index (χ3n) is 4.71. The van der Waals surface area contributed by atoms with E-state index in [1.807, 2.05) is 11.8 Å². The summed E-state index contributed by atoms with van der Waals surface area (Å²) in [6, 6.07) is 0.00481. The number of nitrogens with zero attached hydrogens (tertiary/aromatic N) is 1. The minimum absolute atomic E-state index is 0.00481. The van der Waals surface area contributed by atoms with Crippen molar-refractivity contribution in [3.63, 3.8) is 0 Å². The Balaban J connectivity index is 1.98. The molecule has 1 aliphatic carbocycles. The number of β-amino-alcohol motifs (C(OH)–C–C–N with tert-alkyl or cyclic N) is 1. The van der Waals surface area contributed by atoms with Crippen LogP contribution in [0.3, 0.4) is 0 Å². The molecule has 0 bridgehead atoms. The molecule has 1 aliphatic heterocycles. The van der Waals surface area contributed by atoms with Crippen molar-refractivity contribution in [2.45, 2.75) is 51.7 Å². The van der Waals surface area contributed by atoms with Crippen molar-refractivity contribution in [2.24, 2.45) is 23.5 Å². The molecule has 1 amide bonds. The minimum atomic E-state index is -0.375. The smallest absolute Gasteiger partial charge is 0.227 e. The van der Waals surface area contributed by atoms with Gasteiger partial charge in [-0.1, -0.05) is 13.8 Å². The van der Waals surface area contributed by atoms with Gasteiger partial charge in [0.1, 0.15) is 0 Å². The average molecular weight is 254 g/mol. The maximum atomic E-state index is 12.5. The molecule has 1 saturated carbocycles. The van der Waals surface area contributed by atoms with Gasteiger partial charge in [0.05, 0.1) is 12.0 Å². The lowest BCUT2D eigenvalue weighted by Crippen LogP contribution is -2.52. The summed E-state index contributed by atoms with van der Waals surface area (Å²) in [7, 11) is 0. The summed E-state index contributed by atoms with van der Waals surface area (Å²) >= 11 is 0. The lowest BCUT2D eigenvalue weighted by atomic mass is 9.78. The van der Waals surface area contributed by atoms with Gasteiger partial charge < -0.3 is 15.7 Å². The van der Waals surface area contributed by atoms with Crippen LogP contribution in [0, 0.1) is 17.8 Å². The molecule has 0 aromatic rings. The van der Waals surface area contributed by atoms with E-state index in [0.29, 0.717) is 18.4 Å². The molecule has 0 radical (unpaired) electrons. The van der Waals surface area contributed by atoms with Gasteiger partial charge >= 0.3 is 0 Å². The van der Waals surface area contributed by atoms with Crippen molar-refractivity contribution in [2.75, 3.05) is 13.1 Å². The summed E-state index contributed by atoms with van der Waals surface area (Å²) in [6.07, 6.45) is 3.50. The Hall–Kier alpha value is -0.610. The fourth-order valence-electron chi connectivity index (χ4n) is 3.17. The van der Waals surface area contributed by atoms with Crippen LogP contribution in [0.15, 0.2) is 0 Å². The number of likely N-dealkylation sites (tertiary alicyclic amines) is 1. The van der Waals surface area contributed by atoms with Crippen molar-refractivity contribution < 1.29 is 9.90 Å². The van der Waals surface area contributed by atoms with E-state index in [0.717, 1.165) is 32.2 Å². The lowest BCUT2D eigenvalue weighted by Gasteiger charge is -2.39. The first-order chi connectivity index (χ1) is 8.49. The van der Waals surface area contributed by atoms with Crippen LogP contribution in [0.1, 0.15) is 39.5 Å². The number of rotatable bonds is 1. The summed E-state index contributed by atoms with van der Waals surface area (Å²) in [5.41, 5.74) is 6.10. The molecule has 4 nitrogen and oxygen atoms in total. The third kappa shape index (κ3) is 2.86. The molecule has 5 atom stereocenters. The molecule has 0 aromatic heterocycles. The molecular formula is C14H26N2O2. The summed E-state index contributed by atoms with van der Waals surface area (Å²) < 4.78 is 0. The molecule has 0 spiro atoms. The maximum absolute atomic E-state index is 12.5. The van der Waals surface area contributed by atoms with Crippen LogP contribution in [-0.4, -0.2) is 41.1 Å². The number of carbonyl (C=O) groups is 1. The Morgan fingerprint density at radius 1 is 1.28 bits per heavy atom. The lowest BCUT2D eigenvalue weighted by molar-refractivity contribution is -0.142. The molecule has 2 rings (SSSR count). The van der Waals surface area contributed by atoms with Crippen LogP contribution in [0.4, 0.5) is 0 Å². The minimum Gasteiger partial charge on any atom is -0.391 e. The highest BCUT2D eigenvalue weighted by atomic mass is 16.3. The third-order valence-corrected chi connectivity index (χ3v) is 4.71. The van der Waals surface area contributed by atoms with Crippen molar-refractivity contribution >= 4 is 5.91 Å². The van der Waals surface area contributed by atoms with Gasteiger partial charge in [-0.15, -0.1) is 0 Å². The van der Waals surface area contributed by atoms with Crippen LogP contribution in [-0.2, 0) is 4.79 Å². The predicted octanol–water partition coefficient (Wildman–Crippen LogP) is 0.979. The highest BCUT2D eigenvalue weighted by Gasteiger charge is 2.36. The van der Waals surface area contributed by atoms with Gasteiger partial charge in [-0.2, -0.15) is 0 Å². The standard InChI is InChI=1S/C14H26N2O2/c1-9-3-4-12(15)11(7-9)14(18)16-6-5-10(2)13(17)8-16/h9-13,17H,3-8,15H2,1-2H3. The van der Waals surface area contributed by atoms with Crippen LogP contribution in [0.5, 0.6) is 0 Å². The summed E-state index contributed by atoms with van der Waals surface area (Å²) in [5.74, 6) is 1.02. The molecule has 1 heterocycles. The van der Waals surface area contributed by atoms with Gasteiger partial charge in [-0.05, 0) is 37.5 Å². The molecule has 5 unspecified atom stereocenters. The summed E-state index contributed by atoms with van der Waals surface area (Å²) in [6.45, 7) is 5.49. The second-order valence-corrected chi connectivity index (χ2v) is 6.31. The van der Waals surface area contributed by atoms with Crippen molar-refractivity contribution in [3.8, 4) is 0 Å². The Bertz CT molecular complexity index is 308. The van der Waals surface area contributed by atoms with Crippen molar-refractivity contribution in [1.82, 2.24) is 4.90 Å². The number of aliphatic hydroxyl groups excluding tert-OH is 1. The fourth-order valence-corrected chi connectivity index (χ4v) is 3.17. The van der Waals surface area contributed by atoms with Crippen LogP contribution in [0.2, 0.25) is 0 Å². The predicted molar refractivity (Wildman–Crippen MR) is 70.8 cm³/mol. The number of piperidine rings is 1. The van der Waals surface area contributed by atoms with E-state index in [1.54, 1.807) is 0 Å². The SMILES string of the molecule is CC1CCC(N)C(C(=O)N2CCC(C)C(O)C2)C1. The second-order valence-electron chi connectivity index (χ2n) is 6.31. The first kappa shape index (κ1) is 13.8. The Morgan fingerprint density at radius 3 is 2.67 bits per heavy atom. The zero-order chi connectivity index (χ0) is 13.3. The summed E-state index contributed by atoms with van der Waals surface area (Å²) in [5, 5.41) is 9.89. The number of aliphatic hydroxyl groups is 1. The Morgan fingerprint density at radius 2 is 2.00 bits per heavy atom. The number of carbonyl (C=O) groups excluding carboxylic acids is 1. The van der Waals surface area contributed by atoms with Crippen molar-refractivity contribution in [3.05, 3.63) is 0 Å². The highest BCUT2D eigenvalue weighted by Crippen LogP contribution is 2.30. The fraction of sp³-hybridized carbons (Fsp3) is 0.929. The second kappa shape index (κ2) is 5.57. The Kier molecular flexibility index (Phi) is 4.28. The molecule has 104 valence electrons. The molecule has 0 aromatic carbocycles. The molecule has 3 N–H and O–H groups in total. The van der Waals surface area contributed by atoms with Crippen molar-refractivity contribution in [1.29, 1.82) is 0 Å². The molecule has 4 heteroatoms. The van der Waals surface area contributed by atoms with Gasteiger partial charge in [0.25, 0.3) is 0 Å². The maximum Gasteiger partial charge on any atom is 0.227 e. The van der Waals surface area contributed by atoms with Gasteiger partial charge in [0.2, 0.25) is 5.91 Å². The van der Waals surface area contributed by atoms with Crippen LogP contribution in [0.25, 0.3) is 0 Å². The molecule has 1 saturated heterocycles. The topological polar surface area (TPSA) is 66.6 Å². The monoisotopic (exact) mass is 254 g/mol. The van der Waals surface area contributed by atoms with Gasteiger partial charge in [-0.25, -0.2) is 0 Å². The van der Waals surface area contributed by atoms with E-state index in [-0.39, 0.29) is 24.0 Å². The molecule has 18 heavy (non-hydrogen) atoms. The van der Waals surface area contributed by atoms with Gasteiger partial charge in [0, 0.05) is 19.1 Å². The van der Waals surface area contributed by atoms with Gasteiger partial charge in [0.15, 0.2) is 0 Å². The van der Waals surface area contributed by atoms with Gasteiger partial charge in [-0.3, -0.25) is 4.79 Å². The number of hydrogen-bond donors (Lipinski definition) is 2. The first-order valence-corrected chi connectivity index (χ1v) is 7.21. The average Bonchev–Trinajstić information content (AvgIpc) is 2.35. The largest absolute Gasteiger partial charge is 0.391 e. The first-order valence-electron chi connectivity index (χ1n) is 7.21. The Labute approximate surface area is 110 Å². The van der Waals surface area contributed by atoms with Crippen LogP contribution < -0.4 is 5.73 Å². The zero-order valence-electron chi connectivity index (χ0n) is 11.5. The zero-order valence-corrected chi connectivity index (χ0v) is 11.5. The molecule has 2 fully saturated rings. The highest BCUT2D eigenvalue weighted by molar-refractivity contribution is 5.79. The van der Waals surface area contributed by atoms with E-state index >= 15 is 0 Å². The molecular weight excluding hydrogens is 228 g/mol. The van der Waals surface area contributed by atoms with E-state index in [1.165, 1.54) is 0 Å². The van der Waals surface area contributed by atoms with E-state index in [9.17, 15) is 9.90 Å². The van der Waals surface area contributed by atoms with E-state index < -0.39 is 0 Å².